The van der Waals surface area contributed by atoms with Crippen molar-refractivity contribution in [3.63, 3.8) is 0 Å². The van der Waals surface area contributed by atoms with Crippen LogP contribution in [0.3, 0.4) is 0 Å². The molecule has 0 aromatic heterocycles. The number of nitrogens with zero attached hydrogens (tertiary/aromatic N) is 2. The zero-order chi connectivity index (χ0) is 12.8. The van der Waals surface area contributed by atoms with Gasteiger partial charge in [-0.1, -0.05) is 6.92 Å². The highest BCUT2D eigenvalue weighted by Gasteiger charge is 2.28. The molecule has 0 saturated carbocycles. The number of rotatable bonds is 6. The Kier molecular flexibility index (Phi) is 5.89. The van der Waals surface area contributed by atoms with Gasteiger partial charge in [0.15, 0.2) is 0 Å². The zero-order valence-corrected chi connectivity index (χ0v) is 11.7. The van der Waals surface area contributed by atoms with Crippen LogP contribution in [0.1, 0.15) is 32.6 Å². The van der Waals surface area contributed by atoms with Crippen LogP contribution >= 0.6 is 0 Å². The molecule has 0 aromatic carbocycles. The molecule has 2 atom stereocenters. The summed E-state index contributed by atoms with van der Waals surface area (Å²) in [6.07, 6.45) is 5.06. The van der Waals surface area contributed by atoms with Crippen LogP contribution in [0.15, 0.2) is 0 Å². The van der Waals surface area contributed by atoms with Gasteiger partial charge in [-0.25, -0.2) is 0 Å². The molecule has 0 radical (unpaired) electrons. The van der Waals surface area contributed by atoms with Crippen LogP contribution in [0, 0.1) is 0 Å². The van der Waals surface area contributed by atoms with E-state index in [1.54, 1.807) is 0 Å². The Bertz CT molecular complexity index is 238. The number of aliphatic hydroxyl groups is 1. The van der Waals surface area contributed by atoms with E-state index in [0.29, 0.717) is 18.8 Å². The maximum Gasteiger partial charge on any atom is 0.0829 e. The van der Waals surface area contributed by atoms with Crippen molar-refractivity contribution in [1.29, 1.82) is 0 Å². The van der Waals surface area contributed by atoms with Crippen molar-refractivity contribution in [3.8, 4) is 0 Å². The minimum atomic E-state index is 0.327. The number of morpholine rings is 1. The van der Waals surface area contributed by atoms with E-state index in [1.165, 1.54) is 19.4 Å². The average Bonchev–Trinajstić information content (AvgIpc) is 2.84. The van der Waals surface area contributed by atoms with Gasteiger partial charge in [0.05, 0.1) is 12.7 Å². The number of likely N-dealkylation sites (tertiary alicyclic amines) is 1. The number of hydrogen-bond acceptors (Lipinski definition) is 4. The lowest BCUT2D eigenvalue weighted by atomic mass is 10.1. The molecule has 2 saturated heterocycles. The number of aliphatic hydroxyl groups excluding tert-OH is 1. The lowest BCUT2D eigenvalue weighted by Crippen LogP contribution is -2.48. The van der Waals surface area contributed by atoms with Crippen molar-refractivity contribution >= 4 is 0 Å². The quantitative estimate of drug-likeness (QED) is 0.767. The second-order valence-electron chi connectivity index (χ2n) is 5.54. The van der Waals surface area contributed by atoms with E-state index < -0.39 is 0 Å². The van der Waals surface area contributed by atoms with Crippen LogP contribution in [0.25, 0.3) is 0 Å². The molecule has 0 bridgehead atoms. The Balaban J connectivity index is 1.76. The lowest BCUT2D eigenvalue weighted by molar-refractivity contribution is -0.0438. The first-order chi connectivity index (χ1) is 8.83. The molecule has 18 heavy (non-hydrogen) atoms. The van der Waals surface area contributed by atoms with Gasteiger partial charge in [0, 0.05) is 32.3 Å². The summed E-state index contributed by atoms with van der Waals surface area (Å²) in [7, 11) is 0. The number of ether oxygens (including phenoxy) is 1. The molecule has 1 N–H and O–H groups in total. The van der Waals surface area contributed by atoms with Crippen LogP contribution in [0.4, 0.5) is 0 Å². The van der Waals surface area contributed by atoms with Crippen LogP contribution in [-0.2, 0) is 4.74 Å². The third-order valence-corrected chi connectivity index (χ3v) is 4.30. The molecule has 2 heterocycles. The maximum atomic E-state index is 8.95. The Morgan fingerprint density at radius 2 is 2.22 bits per heavy atom. The van der Waals surface area contributed by atoms with Gasteiger partial charge >= 0.3 is 0 Å². The van der Waals surface area contributed by atoms with E-state index in [1.807, 2.05) is 0 Å². The Hall–Kier alpha value is -0.160. The second kappa shape index (κ2) is 7.43. The predicted molar refractivity (Wildman–Crippen MR) is 72.8 cm³/mol. The van der Waals surface area contributed by atoms with Crippen LogP contribution in [0.5, 0.6) is 0 Å². The van der Waals surface area contributed by atoms with Gasteiger partial charge in [0.25, 0.3) is 0 Å². The molecule has 0 spiro atoms. The summed E-state index contributed by atoms with van der Waals surface area (Å²) in [6, 6.07) is 0.678. The standard InChI is InChI=1S/C14H28N2O2/c1-2-15-8-10-18-14(11-15)12-16-7-3-5-13(16)6-4-9-17/h13-14,17H,2-12H2,1H3. The van der Waals surface area contributed by atoms with Gasteiger partial charge in [-0.05, 0) is 38.8 Å². The van der Waals surface area contributed by atoms with E-state index >= 15 is 0 Å². The monoisotopic (exact) mass is 256 g/mol. The molecule has 106 valence electrons. The first-order valence-electron chi connectivity index (χ1n) is 7.52. The molecular weight excluding hydrogens is 228 g/mol. The van der Waals surface area contributed by atoms with E-state index in [2.05, 4.69) is 16.7 Å². The highest BCUT2D eigenvalue weighted by molar-refractivity contribution is 4.83. The molecule has 2 aliphatic rings. The van der Waals surface area contributed by atoms with E-state index in [9.17, 15) is 0 Å². The fourth-order valence-electron chi connectivity index (χ4n) is 3.23. The van der Waals surface area contributed by atoms with Crippen molar-refractivity contribution in [3.05, 3.63) is 0 Å². The minimum Gasteiger partial charge on any atom is -0.396 e. The first kappa shape index (κ1) is 14.3. The fraction of sp³-hybridized carbons (Fsp3) is 1.00. The summed E-state index contributed by atoms with van der Waals surface area (Å²) in [5, 5.41) is 8.95. The summed E-state index contributed by atoms with van der Waals surface area (Å²) < 4.78 is 5.89. The van der Waals surface area contributed by atoms with Crippen molar-refractivity contribution in [2.24, 2.45) is 0 Å². The molecule has 4 nitrogen and oxygen atoms in total. The topological polar surface area (TPSA) is 35.9 Å². The highest BCUT2D eigenvalue weighted by atomic mass is 16.5. The predicted octanol–water partition coefficient (Wildman–Crippen LogP) is 0.944. The molecule has 0 amide bonds. The third-order valence-electron chi connectivity index (χ3n) is 4.30. The highest BCUT2D eigenvalue weighted by Crippen LogP contribution is 2.22. The van der Waals surface area contributed by atoms with Gasteiger partial charge in [-0.3, -0.25) is 9.80 Å². The fourth-order valence-corrected chi connectivity index (χ4v) is 3.23. The minimum absolute atomic E-state index is 0.327. The molecule has 4 heteroatoms. The Morgan fingerprint density at radius 3 is 3.00 bits per heavy atom. The van der Waals surface area contributed by atoms with Crippen molar-refractivity contribution in [1.82, 2.24) is 9.80 Å². The molecule has 0 aliphatic carbocycles. The summed E-state index contributed by atoms with van der Waals surface area (Å²) >= 11 is 0. The van der Waals surface area contributed by atoms with E-state index in [0.717, 1.165) is 45.6 Å². The number of hydrogen-bond donors (Lipinski definition) is 1. The Morgan fingerprint density at radius 1 is 1.33 bits per heavy atom. The van der Waals surface area contributed by atoms with E-state index in [4.69, 9.17) is 9.84 Å². The van der Waals surface area contributed by atoms with Gasteiger partial charge in [-0.15, -0.1) is 0 Å². The smallest absolute Gasteiger partial charge is 0.0829 e. The van der Waals surface area contributed by atoms with Crippen molar-refractivity contribution < 1.29 is 9.84 Å². The Labute approximate surface area is 111 Å². The molecule has 0 aromatic rings. The van der Waals surface area contributed by atoms with Gasteiger partial charge in [0.2, 0.25) is 0 Å². The van der Waals surface area contributed by atoms with Gasteiger partial charge in [0.1, 0.15) is 0 Å². The molecular formula is C14H28N2O2. The van der Waals surface area contributed by atoms with Gasteiger partial charge in [-0.2, -0.15) is 0 Å². The molecule has 2 aliphatic heterocycles. The summed E-state index contributed by atoms with van der Waals surface area (Å²) in [6.45, 7) is 9.02. The maximum absolute atomic E-state index is 8.95. The first-order valence-corrected chi connectivity index (χ1v) is 7.52. The lowest BCUT2D eigenvalue weighted by Gasteiger charge is -2.35. The SMILES string of the molecule is CCN1CCOC(CN2CCCC2CCCO)C1. The summed E-state index contributed by atoms with van der Waals surface area (Å²) in [5.41, 5.74) is 0. The van der Waals surface area contributed by atoms with E-state index in [-0.39, 0.29) is 0 Å². The molecule has 2 rings (SSSR count). The molecule has 2 unspecified atom stereocenters. The molecule has 2 fully saturated rings. The largest absolute Gasteiger partial charge is 0.396 e. The number of likely N-dealkylation sites (N-methyl/N-ethyl adjacent to an activating group) is 1. The van der Waals surface area contributed by atoms with Crippen LogP contribution < -0.4 is 0 Å². The van der Waals surface area contributed by atoms with Gasteiger partial charge < -0.3 is 9.84 Å². The summed E-state index contributed by atoms with van der Waals surface area (Å²) in [5.74, 6) is 0. The second-order valence-corrected chi connectivity index (χ2v) is 5.54. The van der Waals surface area contributed by atoms with Crippen LogP contribution in [0.2, 0.25) is 0 Å². The summed E-state index contributed by atoms with van der Waals surface area (Å²) in [4.78, 5) is 5.06. The average molecular weight is 256 g/mol. The zero-order valence-electron chi connectivity index (χ0n) is 11.7. The van der Waals surface area contributed by atoms with Crippen molar-refractivity contribution in [2.45, 2.75) is 44.8 Å². The third kappa shape index (κ3) is 3.92. The van der Waals surface area contributed by atoms with Crippen LogP contribution in [-0.4, -0.2) is 73.0 Å². The van der Waals surface area contributed by atoms with Crippen molar-refractivity contribution in [2.75, 3.05) is 45.9 Å². The normalized spacial score (nSPS) is 31.0.